The number of carboxylic acids is 1. The first-order chi connectivity index (χ1) is 8.06. The molecule has 0 spiro atoms. The maximum Gasteiger partial charge on any atom is 0.338 e. The molecular weight excluding hydrogens is 225 g/mol. The largest absolute Gasteiger partial charge is 0.478 e. The lowest BCUT2D eigenvalue weighted by atomic mass is 9.82. The van der Waals surface area contributed by atoms with Crippen LogP contribution in [0.4, 0.5) is 10.1 Å². The summed E-state index contributed by atoms with van der Waals surface area (Å²) in [6.07, 6.45) is 1.33. The molecule has 92 valence electrons. The predicted molar refractivity (Wildman–Crippen MR) is 60.6 cm³/mol. The Bertz CT molecular complexity index is 430. The Morgan fingerprint density at radius 1 is 1.47 bits per heavy atom. The third-order valence-corrected chi connectivity index (χ3v) is 3.01. The Kier molecular flexibility index (Phi) is 3.28. The van der Waals surface area contributed by atoms with Crippen LogP contribution in [0.5, 0.6) is 0 Å². The maximum atomic E-state index is 13.3. The number of carboxylic acid groups (broad SMARTS) is 1. The Morgan fingerprint density at radius 3 is 2.71 bits per heavy atom. The van der Waals surface area contributed by atoms with Gasteiger partial charge in [-0.25, -0.2) is 9.18 Å². The topological polar surface area (TPSA) is 69.6 Å². The minimum atomic E-state index is -1.27. The average Bonchev–Trinajstić information content (AvgIpc) is 2.22. The van der Waals surface area contributed by atoms with E-state index in [1.165, 1.54) is 12.1 Å². The number of hydrogen-bond acceptors (Lipinski definition) is 3. The molecule has 4 nitrogen and oxygen atoms in total. The van der Waals surface area contributed by atoms with E-state index in [1.54, 1.807) is 6.07 Å². The fourth-order valence-electron chi connectivity index (χ4n) is 1.93. The quantitative estimate of drug-likeness (QED) is 0.748. The van der Waals surface area contributed by atoms with Crippen molar-refractivity contribution in [3.8, 4) is 0 Å². The maximum absolute atomic E-state index is 13.3. The SMILES string of the molecule is O=C(O)c1ccc(NCC2CC(O)C2)cc1F. The van der Waals surface area contributed by atoms with Gasteiger partial charge in [-0.2, -0.15) is 0 Å². The van der Waals surface area contributed by atoms with Crippen molar-refractivity contribution in [2.45, 2.75) is 18.9 Å². The van der Waals surface area contributed by atoms with Gasteiger partial charge in [0.1, 0.15) is 5.82 Å². The summed E-state index contributed by atoms with van der Waals surface area (Å²) in [4.78, 5) is 10.6. The highest BCUT2D eigenvalue weighted by Gasteiger charge is 2.26. The Balaban J connectivity index is 1.93. The molecule has 1 aromatic carbocycles. The van der Waals surface area contributed by atoms with Crippen LogP contribution in [0.3, 0.4) is 0 Å². The normalized spacial score (nSPS) is 22.9. The highest BCUT2D eigenvalue weighted by Crippen LogP contribution is 2.27. The zero-order chi connectivity index (χ0) is 12.4. The van der Waals surface area contributed by atoms with Gasteiger partial charge in [0, 0.05) is 12.2 Å². The first-order valence-electron chi connectivity index (χ1n) is 5.51. The van der Waals surface area contributed by atoms with Crippen LogP contribution in [0.25, 0.3) is 0 Å². The molecule has 0 amide bonds. The van der Waals surface area contributed by atoms with E-state index in [0.29, 0.717) is 18.2 Å². The minimum absolute atomic E-state index is 0.201. The molecule has 3 N–H and O–H groups in total. The summed E-state index contributed by atoms with van der Waals surface area (Å²) in [5.74, 6) is -1.60. The van der Waals surface area contributed by atoms with E-state index in [4.69, 9.17) is 10.2 Å². The predicted octanol–water partition coefficient (Wildman–Crippen LogP) is 1.71. The lowest BCUT2D eigenvalue weighted by Crippen LogP contribution is -2.33. The second-order valence-corrected chi connectivity index (χ2v) is 4.37. The van der Waals surface area contributed by atoms with Gasteiger partial charge in [-0.1, -0.05) is 0 Å². The lowest BCUT2D eigenvalue weighted by Gasteiger charge is -2.31. The molecule has 0 aromatic heterocycles. The standard InChI is InChI=1S/C12H14FNO3/c13-11-5-8(1-2-10(11)12(16)17)14-6-7-3-9(15)4-7/h1-2,5,7,9,14-15H,3-4,6H2,(H,16,17). The van der Waals surface area contributed by atoms with Crippen LogP contribution in [0.15, 0.2) is 18.2 Å². The van der Waals surface area contributed by atoms with E-state index < -0.39 is 11.8 Å². The fraction of sp³-hybridized carbons (Fsp3) is 0.417. The van der Waals surface area contributed by atoms with Gasteiger partial charge < -0.3 is 15.5 Å². The molecule has 0 atom stereocenters. The first-order valence-corrected chi connectivity index (χ1v) is 5.51. The number of aliphatic hydroxyl groups is 1. The van der Waals surface area contributed by atoms with Crippen LogP contribution in [-0.2, 0) is 0 Å². The molecule has 1 aliphatic carbocycles. The van der Waals surface area contributed by atoms with Crippen LogP contribution >= 0.6 is 0 Å². The Hall–Kier alpha value is -1.62. The summed E-state index contributed by atoms with van der Waals surface area (Å²) in [5, 5.41) is 20.8. The molecule has 0 saturated heterocycles. The smallest absolute Gasteiger partial charge is 0.338 e. The van der Waals surface area contributed by atoms with E-state index >= 15 is 0 Å². The van der Waals surface area contributed by atoms with Gasteiger partial charge in [0.2, 0.25) is 0 Å². The molecule has 17 heavy (non-hydrogen) atoms. The van der Waals surface area contributed by atoms with Gasteiger partial charge in [0.05, 0.1) is 11.7 Å². The van der Waals surface area contributed by atoms with Crippen LogP contribution in [0, 0.1) is 11.7 Å². The molecule has 1 fully saturated rings. The molecule has 1 saturated carbocycles. The number of nitrogens with one attached hydrogen (secondary N) is 1. The molecule has 5 heteroatoms. The van der Waals surface area contributed by atoms with Gasteiger partial charge in [0.15, 0.2) is 0 Å². The van der Waals surface area contributed by atoms with E-state index in [2.05, 4.69) is 5.32 Å². The summed E-state index contributed by atoms with van der Waals surface area (Å²) in [5.41, 5.74) is 0.239. The molecule has 0 radical (unpaired) electrons. The number of rotatable bonds is 4. The molecule has 2 rings (SSSR count). The van der Waals surface area contributed by atoms with Crippen molar-refractivity contribution >= 4 is 11.7 Å². The zero-order valence-corrected chi connectivity index (χ0v) is 9.19. The summed E-state index contributed by atoms with van der Waals surface area (Å²) in [7, 11) is 0. The molecule has 1 aromatic rings. The number of halogens is 1. The number of anilines is 1. The van der Waals surface area contributed by atoms with Gasteiger partial charge in [-0.15, -0.1) is 0 Å². The molecule has 0 heterocycles. The third kappa shape index (κ3) is 2.74. The van der Waals surface area contributed by atoms with Crippen molar-refractivity contribution in [2.24, 2.45) is 5.92 Å². The van der Waals surface area contributed by atoms with Crippen molar-refractivity contribution in [3.63, 3.8) is 0 Å². The van der Waals surface area contributed by atoms with Crippen LogP contribution in [0.1, 0.15) is 23.2 Å². The molecule has 0 bridgehead atoms. The highest BCUT2D eigenvalue weighted by atomic mass is 19.1. The number of hydrogen-bond donors (Lipinski definition) is 3. The van der Waals surface area contributed by atoms with E-state index in [0.717, 1.165) is 12.8 Å². The first kappa shape index (κ1) is 11.9. The van der Waals surface area contributed by atoms with Crippen LogP contribution in [0.2, 0.25) is 0 Å². The molecule has 1 aliphatic rings. The summed E-state index contributed by atoms with van der Waals surface area (Å²) < 4.78 is 13.3. The van der Waals surface area contributed by atoms with E-state index in [9.17, 15) is 9.18 Å². The van der Waals surface area contributed by atoms with Gasteiger partial charge in [-0.05, 0) is 37.0 Å². The second kappa shape index (κ2) is 4.71. The fourth-order valence-corrected chi connectivity index (χ4v) is 1.93. The third-order valence-electron chi connectivity index (χ3n) is 3.01. The molecular formula is C12H14FNO3. The Morgan fingerprint density at radius 2 is 2.18 bits per heavy atom. The van der Waals surface area contributed by atoms with Gasteiger partial charge in [0.25, 0.3) is 0 Å². The molecule has 0 aliphatic heterocycles. The van der Waals surface area contributed by atoms with Crippen molar-refractivity contribution < 1.29 is 19.4 Å². The second-order valence-electron chi connectivity index (χ2n) is 4.37. The van der Waals surface area contributed by atoms with Gasteiger partial charge in [-0.3, -0.25) is 0 Å². The van der Waals surface area contributed by atoms with Crippen molar-refractivity contribution in [3.05, 3.63) is 29.6 Å². The molecule has 0 unspecified atom stereocenters. The minimum Gasteiger partial charge on any atom is -0.478 e. The van der Waals surface area contributed by atoms with Crippen LogP contribution in [-0.4, -0.2) is 28.8 Å². The highest BCUT2D eigenvalue weighted by molar-refractivity contribution is 5.88. The number of benzene rings is 1. The van der Waals surface area contributed by atoms with Crippen molar-refractivity contribution in [2.75, 3.05) is 11.9 Å². The van der Waals surface area contributed by atoms with E-state index in [1.807, 2.05) is 0 Å². The zero-order valence-electron chi connectivity index (χ0n) is 9.19. The van der Waals surface area contributed by atoms with Crippen molar-refractivity contribution in [1.29, 1.82) is 0 Å². The van der Waals surface area contributed by atoms with E-state index in [-0.39, 0.29) is 11.7 Å². The summed E-state index contributed by atoms with van der Waals surface area (Å²) >= 11 is 0. The number of aliphatic hydroxyl groups excluding tert-OH is 1. The summed E-state index contributed by atoms with van der Waals surface area (Å²) in [6, 6.07) is 3.97. The Labute approximate surface area is 98.1 Å². The number of carbonyl (C=O) groups is 1. The summed E-state index contributed by atoms with van der Waals surface area (Å²) in [6.45, 7) is 0.670. The average molecular weight is 239 g/mol. The number of aromatic carboxylic acids is 1. The van der Waals surface area contributed by atoms with Crippen LogP contribution < -0.4 is 5.32 Å². The monoisotopic (exact) mass is 239 g/mol. The van der Waals surface area contributed by atoms with Crippen molar-refractivity contribution in [1.82, 2.24) is 0 Å². The lowest BCUT2D eigenvalue weighted by molar-refractivity contribution is 0.0486. The van der Waals surface area contributed by atoms with Gasteiger partial charge >= 0.3 is 5.97 Å².